The van der Waals surface area contributed by atoms with Crippen LogP contribution in [0.3, 0.4) is 0 Å². The van der Waals surface area contributed by atoms with Crippen molar-refractivity contribution >= 4 is 33.4 Å². The third-order valence-electron chi connectivity index (χ3n) is 2.92. The van der Waals surface area contributed by atoms with Crippen LogP contribution < -0.4 is 5.32 Å². The van der Waals surface area contributed by atoms with Gasteiger partial charge in [0.15, 0.2) is 0 Å². The quantitative estimate of drug-likeness (QED) is 0.863. The molecular weight excluding hydrogens is 342 g/mol. The van der Waals surface area contributed by atoms with Crippen LogP contribution in [-0.2, 0) is 0 Å². The van der Waals surface area contributed by atoms with Gasteiger partial charge in [-0.3, -0.25) is 4.79 Å². The van der Waals surface area contributed by atoms with Gasteiger partial charge in [-0.2, -0.15) is 0 Å². The molecule has 2 aromatic rings. The van der Waals surface area contributed by atoms with E-state index in [1.165, 1.54) is 6.07 Å². The van der Waals surface area contributed by atoms with Crippen LogP contribution in [0.1, 0.15) is 28.9 Å². The number of carbonyl (C=O) groups is 1. The Bertz CT molecular complexity index is 628. The van der Waals surface area contributed by atoms with E-state index in [2.05, 4.69) is 21.2 Å². The Kier molecular flexibility index (Phi) is 4.68. The fourth-order valence-electron chi connectivity index (χ4n) is 1.80. The first-order valence-corrected chi connectivity index (χ1v) is 7.19. The number of halogens is 2. The molecule has 0 aliphatic carbocycles. The van der Waals surface area contributed by atoms with Crippen LogP contribution >= 0.6 is 27.5 Å². The van der Waals surface area contributed by atoms with Crippen molar-refractivity contribution in [2.75, 3.05) is 0 Å². The highest BCUT2D eigenvalue weighted by molar-refractivity contribution is 9.10. The molecule has 0 radical (unpaired) electrons. The normalized spacial score (nSPS) is 11.9. The summed E-state index contributed by atoms with van der Waals surface area (Å²) in [5.74, 6) is -0.375. The fourth-order valence-corrected chi connectivity index (χ4v) is 2.29. The number of amides is 1. The second-order valence-electron chi connectivity index (χ2n) is 4.41. The highest BCUT2D eigenvalue weighted by Gasteiger charge is 2.15. The number of rotatable bonds is 3. The van der Waals surface area contributed by atoms with Crippen LogP contribution in [0.25, 0.3) is 0 Å². The smallest absolute Gasteiger partial charge is 0.255 e. The van der Waals surface area contributed by atoms with Gasteiger partial charge in [-0.15, -0.1) is 0 Å². The summed E-state index contributed by atoms with van der Waals surface area (Å²) in [4.78, 5) is 12.2. The lowest BCUT2D eigenvalue weighted by atomic mass is 10.1. The van der Waals surface area contributed by atoms with Gasteiger partial charge in [0.05, 0.1) is 11.6 Å². The molecule has 0 heterocycles. The summed E-state index contributed by atoms with van der Waals surface area (Å²) in [6, 6.07) is 11.8. The number of nitrogens with one attached hydrogen (secondary N) is 1. The van der Waals surface area contributed by atoms with Crippen LogP contribution in [0.4, 0.5) is 0 Å². The van der Waals surface area contributed by atoms with Crippen LogP contribution in [0, 0.1) is 0 Å². The Morgan fingerprint density at radius 1 is 1.25 bits per heavy atom. The van der Waals surface area contributed by atoms with E-state index in [1.807, 2.05) is 19.1 Å². The third kappa shape index (κ3) is 3.52. The molecule has 2 aromatic carbocycles. The molecule has 1 unspecified atom stereocenters. The van der Waals surface area contributed by atoms with Gasteiger partial charge in [-0.05, 0) is 42.8 Å². The second kappa shape index (κ2) is 6.29. The van der Waals surface area contributed by atoms with Gasteiger partial charge < -0.3 is 10.4 Å². The lowest BCUT2D eigenvalue weighted by Gasteiger charge is -2.15. The number of hydrogen-bond donors (Lipinski definition) is 2. The van der Waals surface area contributed by atoms with Crippen LogP contribution in [-0.4, -0.2) is 11.0 Å². The lowest BCUT2D eigenvalue weighted by Crippen LogP contribution is -2.26. The van der Waals surface area contributed by atoms with Crippen molar-refractivity contribution in [3.63, 3.8) is 0 Å². The number of phenols is 1. The van der Waals surface area contributed by atoms with Crippen molar-refractivity contribution in [1.29, 1.82) is 0 Å². The molecule has 0 fully saturated rings. The van der Waals surface area contributed by atoms with E-state index in [1.54, 1.807) is 24.3 Å². The molecule has 104 valence electrons. The van der Waals surface area contributed by atoms with Crippen LogP contribution in [0.15, 0.2) is 46.9 Å². The predicted molar refractivity (Wildman–Crippen MR) is 83.1 cm³/mol. The van der Waals surface area contributed by atoms with Gasteiger partial charge in [0, 0.05) is 9.50 Å². The van der Waals surface area contributed by atoms with Crippen molar-refractivity contribution in [1.82, 2.24) is 5.32 Å². The van der Waals surface area contributed by atoms with Crippen molar-refractivity contribution in [2.45, 2.75) is 13.0 Å². The SMILES string of the molecule is CC(NC(=O)c1cc(Br)ccc1O)c1ccc(Cl)cc1. The number of carbonyl (C=O) groups excluding carboxylic acids is 1. The van der Waals surface area contributed by atoms with Crippen LogP contribution in [0.5, 0.6) is 5.75 Å². The van der Waals surface area contributed by atoms with Crippen molar-refractivity contribution in [2.24, 2.45) is 0 Å². The molecule has 0 aliphatic rings. The lowest BCUT2D eigenvalue weighted by molar-refractivity contribution is 0.0937. The first-order valence-electron chi connectivity index (χ1n) is 6.02. The van der Waals surface area contributed by atoms with Gasteiger partial charge in [-0.25, -0.2) is 0 Å². The molecule has 0 aliphatic heterocycles. The highest BCUT2D eigenvalue weighted by Crippen LogP contribution is 2.23. The molecule has 3 nitrogen and oxygen atoms in total. The molecular formula is C15H13BrClNO2. The molecule has 5 heteroatoms. The van der Waals surface area contributed by atoms with Gasteiger partial charge >= 0.3 is 0 Å². The average Bonchev–Trinajstić information content (AvgIpc) is 2.42. The second-order valence-corrected chi connectivity index (χ2v) is 5.76. The van der Waals surface area contributed by atoms with E-state index in [-0.39, 0.29) is 23.3 Å². The Morgan fingerprint density at radius 3 is 2.55 bits per heavy atom. The first kappa shape index (κ1) is 14.9. The number of phenolic OH excluding ortho intramolecular Hbond substituents is 1. The molecule has 0 saturated heterocycles. The van der Waals surface area contributed by atoms with E-state index < -0.39 is 0 Å². The molecule has 0 aromatic heterocycles. The molecule has 20 heavy (non-hydrogen) atoms. The summed E-state index contributed by atoms with van der Waals surface area (Å²) >= 11 is 9.11. The minimum atomic E-state index is -0.328. The Hall–Kier alpha value is -1.52. The van der Waals surface area contributed by atoms with E-state index in [0.717, 1.165) is 10.0 Å². The summed E-state index contributed by atoms with van der Waals surface area (Å²) in [5.41, 5.74) is 1.18. The standard InChI is InChI=1S/C15H13BrClNO2/c1-9(10-2-5-12(17)6-3-10)18-15(20)13-8-11(16)4-7-14(13)19/h2-9,19H,1H3,(H,18,20). The maximum atomic E-state index is 12.2. The fraction of sp³-hybridized carbons (Fsp3) is 0.133. The molecule has 2 N–H and O–H groups in total. The Labute approximate surface area is 130 Å². The topological polar surface area (TPSA) is 49.3 Å². The van der Waals surface area contributed by atoms with E-state index in [9.17, 15) is 9.90 Å². The van der Waals surface area contributed by atoms with Crippen LogP contribution in [0.2, 0.25) is 5.02 Å². The van der Waals surface area contributed by atoms with Gasteiger partial charge in [0.1, 0.15) is 5.75 Å². The first-order chi connectivity index (χ1) is 9.47. The summed E-state index contributed by atoms with van der Waals surface area (Å²) in [6.07, 6.45) is 0. The molecule has 1 amide bonds. The summed E-state index contributed by atoms with van der Waals surface area (Å²) in [7, 11) is 0. The molecule has 2 rings (SSSR count). The maximum absolute atomic E-state index is 12.2. The number of benzene rings is 2. The van der Waals surface area contributed by atoms with Gasteiger partial charge in [0.25, 0.3) is 5.91 Å². The molecule has 0 bridgehead atoms. The summed E-state index contributed by atoms with van der Waals surface area (Å²) < 4.78 is 0.736. The average molecular weight is 355 g/mol. The Morgan fingerprint density at radius 2 is 1.90 bits per heavy atom. The maximum Gasteiger partial charge on any atom is 0.255 e. The minimum absolute atomic E-state index is 0.0472. The van der Waals surface area contributed by atoms with E-state index in [4.69, 9.17) is 11.6 Å². The zero-order valence-electron chi connectivity index (χ0n) is 10.7. The van der Waals surface area contributed by atoms with Crippen molar-refractivity contribution < 1.29 is 9.90 Å². The largest absolute Gasteiger partial charge is 0.507 e. The summed E-state index contributed by atoms with van der Waals surface area (Å²) in [6.45, 7) is 1.87. The monoisotopic (exact) mass is 353 g/mol. The van der Waals surface area contributed by atoms with E-state index >= 15 is 0 Å². The van der Waals surface area contributed by atoms with Gasteiger partial charge in [0.2, 0.25) is 0 Å². The zero-order chi connectivity index (χ0) is 14.7. The molecule has 0 spiro atoms. The Balaban J connectivity index is 2.15. The zero-order valence-corrected chi connectivity index (χ0v) is 13.1. The number of aromatic hydroxyl groups is 1. The van der Waals surface area contributed by atoms with Crippen molar-refractivity contribution in [3.05, 3.63) is 63.1 Å². The van der Waals surface area contributed by atoms with Crippen molar-refractivity contribution in [3.8, 4) is 5.75 Å². The highest BCUT2D eigenvalue weighted by atomic mass is 79.9. The molecule has 0 saturated carbocycles. The van der Waals surface area contributed by atoms with Gasteiger partial charge in [-0.1, -0.05) is 39.7 Å². The molecule has 1 atom stereocenters. The summed E-state index contributed by atoms with van der Waals surface area (Å²) in [5, 5.41) is 13.2. The third-order valence-corrected chi connectivity index (χ3v) is 3.67. The minimum Gasteiger partial charge on any atom is -0.507 e. The van der Waals surface area contributed by atoms with E-state index in [0.29, 0.717) is 5.02 Å². The predicted octanol–water partition coefficient (Wildman–Crippen LogP) is 4.30. The number of hydrogen-bond acceptors (Lipinski definition) is 2.